The highest BCUT2D eigenvalue weighted by atomic mass is 19.1. The SMILES string of the molecule is COc1ccc(O)c(C(C)CC(=O)O)c1F. The summed E-state index contributed by atoms with van der Waals surface area (Å²) in [7, 11) is 1.31. The molecule has 0 heterocycles. The summed E-state index contributed by atoms with van der Waals surface area (Å²) in [4.78, 5) is 10.5. The van der Waals surface area contributed by atoms with Crippen molar-refractivity contribution in [3.05, 3.63) is 23.5 Å². The zero-order chi connectivity index (χ0) is 12.3. The van der Waals surface area contributed by atoms with E-state index in [0.29, 0.717) is 0 Å². The lowest BCUT2D eigenvalue weighted by Gasteiger charge is -2.14. The molecule has 0 aliphatic carbocycles. The van der Waals surface area contributed by atoms with Gasteiger partial charge in [-0.3, -0.25) is 4.79 Å². The fraction of sp³-hybridized carbons (Fsp3) is 0.364. The molecule has 0 bridgehead atoms. The average molecular weight is 228 g/mol. The van der Waals surface area contributed by atoms with E-state index < -0.39 is 17.7 Å². The minimum Gasteiger partial charge on any atom is -0.508 e. The van der Waals surface area contributed by atoms with Gasteiger partial charge in [0.15, 0.2) is 11.6 Å². The molecule has 0 aromatic heterocycles. The lowest BCUT2D eigenvalue weighted by atomic mass is 9.96. The van der Waals surface area contributed by atoms with Crippen LogP contribution in [0, 0.1) is 5.82 Å². The molecule has 88 valence electrons. The van der Waals surface area contributed by atoms with E-state index in [-0.39, 0.29) is 23.5 Å². The number of carboxylic acids is 1. The summed E-state index contributed by atoms with van der Waals surface area (Å²) >= 11 is 0. The van der Waals surface area contributed by atoms with Crippen LogP contribution in [-0.4, -0.2) is 23.3 Å². The van der Waals surface area contributed by atoms with Gasteiger partial charge in [-0.25, -0.2) is 4.39 Å². The second-order valence-electron chi connectivity index (χ2n) is 3.51. The van der Waals surface area contributed by atoms with Gasteiger partial charge in [0.05, 0.1) is 13.5 Å². The van der Waals surface area contributed by atoms with Crippen molar-refractivity contribution in [1.29, 1.82) is 0 Å². The lowest BCUT2D eigenvalue weighted by molar-refractivity contribution is -0.137. The van der Waals surface area contributed by atoms with Gasteiger partial charge in [0, 0.05) is 5.56 Å². The van der Waals surface area contributed by atoms with E-state index in [1.807, 2.05) is 0 Å². The highest BCUT2D eigenvalue weighted by Crippen LogP contribution is 2.35. The predicted molar refractivity (Wildman–Crippen MR) is 55.3 cm³/mol. The molecule has 0 aliphatic heterocycles. The quantitative estimate of drug-likeness (QED) is 0.828. The number of ether oxygens (including phenoxy) is 1. The van der Waals surface area contributed by atoms with Crippen molar-refractivity contribution in [3.63, 3.8) is 0 Å². The summed E-state index contributed by atoms with van der Waals surface area (Å²) in [6, 6.07) is 2.58. The highest BCUT2D eigenvalue weighted by Gasteiger charge is 2.21. The first kappa shape index (κ1) is 12.3. The summed E-state index contributed by atoms with van der Waals surface area (Å²) in [6.07, 6.45) is -0.252. The third-order valence-electron chi connectivity index (χ3n) is 2.31. The molecular weight excluding hydrogens is 215 g/mol. The Kier molecular flexibility index (Phi) is 3.71. The number of rotatable bonds is 4. The van der Waals surface area contributed by atoms with Gasteiger partial charge in [0.25, 0.3) is 0 Å². The zero-order valence-electron chi connectivity index (χ0n) is 9.03. The first-order chi connectivity index (χ1) is 7.47. The second-order valence-corrected chi connectivity index (χ2v) is 3.51. The molecular formula is C11H13FO4. The number of halogens is 1. The molecule has 0 spiro atoms. The third kappa shape index (κ3) is 2.42. The van der Waals surface area contributed by atoms with Gasteiger partial charge in [-0.2, -0.15) is 0 Å². The standard InChI is InChI=1S/C11H13FO4/c1-6(5-9(14)15)10-7(13)3-4-8(16-2)11(10)12/h3-4,6,13H,5H2,1-2H3,(H,14,15). The van der Waals surface area contributed by atoms with Crippen LogP contribution in [0.3, 0.4) is 0 Å². The van der Waals surface area contributed by atoms with Gasteiger partial charge in [0.1, 0.15) is 5.75 Å². The number of hydrogen-bond donors (Lipinski definition) is 2. The van der Waals surface area contributed by atoms with Crippen LogP contribution in [0.1, 0.15) is 24.8 Å². The smallest absolute Gasteiger partial charge is 0.303 e. The normalized spacial score (nSPS) is 12.2. The Hall–Kier alpha value is -1.78. The van der Waals surface area contributed by atoms with Crippen molar-refractivity contribution >= 4 is 5.97 Å². The molecule has 1 rings (SSSR count). The van der Waals surface area contributed by atoms with Crippen LogP contribution < -0.4 is 4.74 Å². The first-order valence-electron chi connectivity index (χ1n) is 4.74. The Balaban J connectivity index is 3.15. The number of aliphatic carboxylic acids is 1. The number of carbonyl (C=O) groups is 1. The number of hydrogen-bond acceptors (Lipinski definition) is 3. The minimum absolute atomic E-state index is 0.00922. The van der Waals surface area contributed by atoms with Gasteiger partial charge < -0.3 is 14.9 Å². The van der Waals surface area contributed by atoms with Crippen LogP contribution >= 0.6 is 0 Å². The number of phenols is 1. The molecule has 0 saturated heterocycles. The number of benzene rings is 1. The first-order valence-corrected chi connectivity index (χ1v) is 4.74. The van der Waals surface area contributed by atoms with Gasteiger partial charge in [-0.15, -0.1) is 0 Å². The Morgan fingerprint density at radius 3 is 2.69 bits per heavy atom. The van der Waals surface area contributed by atoms with E-state index in [2.05, 4.69) is 0 Å². The molecule has 0 amide bonds. The van der Waals surface area contributed by atoms with Crippen molar-refractivity contribution in [1.82, 2.24) is 0 Å². The van der Waals surface area contributed by atoms with Crippen LogP contribution in [0.4, 0.5) is 4.39 Å². The summed E-state index contributed by atoms with van der Waals surface area (Å²) in [5.41, 5.74) is -0.0262. The van der Waals surface area contributed by atoms with Gasteiger partial charge in [-0.05, 0) is 18.1 Å². The molecule has 5 heteroatoms. The molecule has 0 aliphatic rings. The Bertz CT molecular complexity index is 403. The molecule has 1 aromatic carbocycles. The Morgan fingerprint density at radius 1 is 1.56 bits per heavy atom. The number of aromatic hydroxyl groups is 1. The van der Waals surface area contributed by atoms with Crippen molar-refractivity contribution in [2.24, 2.45) is 0 Å². The molecule has 1 unspecified atom stereocenters. The molecule has 1 aromatic rings. The van der Waals surface area contributed by atoms with E-state index in [1.165, 1.54) is 26.2 Å². The van der Waals surface area contributed by atoms with Crippen molar-refractivity contribution in [2.75, 3.05) is 7.11 Å². The Labute approximate surface area is 92.3 Å². The van der Waals surface area contributed by atoms with Crippen LogP contribution in [0.2, 0.25) is 0 Å². The van der Waals surface area contributed by atoms with Gasteiger partial charge in [-0.1, -0.05) is 6.92 Å². The molecule has 2 N–H and O–H groups in total. The average Bonchev–Trinajstić information content (AvgIpc) is 2.16. The van der Waals surface area contributed by atoms with E-state index >= 15 is 0 Å². The maximum atomic E-state index is 13.8. The molecule has 1 atom stereocenters. The molecule has 0 radical (unpaired) electrons. The summed E-state index contributed by atoms with van der Waals surface area (Å²) in [6.45, 7) is 1.53. The summed E-state index contributed by atoms with van der Waals surface area (Å²) in [5.74, 6) is -2.64. The van der Waals surface area contributed by atoms with Crippen molar-refractivity contribution in [2.45, 2.75) is 19.3 Å². The van der Waals surface area contributed by atoms with E-state index in [4.69, 9.17) is 9.84 Å². The largest absolute Gasteiger partial charge is 0.508 e. The summed E-state index contributed by atoms with van der Waals surface area (Å²) < 4.78 is 18.5. The molecule has 0 fully saturated rings. The van der Waals surface area contributed by atoms with Crippen LogP contribution in [0.15, 0.2) is 12.1 Å². The van der Waals surface area contributed by atoms with Crippen LogP contribution in [0.25, 0.3) is 0 Å². The third-order valence-corrected chi connectivity index (χ3v) is 2.31. The maximum Gasteiger partial charge on any atom is 0.303 e. The Morgan fingerprint density at radius 2 is 2.19 bits per heavy atom. The summed E-state index contributed by atoms with van der Waals surface area (Å²) in [5, 5.41) is 18.1. The zero-order valence-corrected chi connectivity index (χ0v) is 9.03. The molecule has 0 saturated carbocycles. The van der Waals surface area contributed by atoms with Crippen LogP contribution in [-0.2, 0) is 4.79 Å². The topological polar surface area (TPSA) is 66.8 Å². The highest BCUT2D eigenvalue weighted by molar-refractivity contribution is 5.68. The number of methoxy groups -OCH3 is 1. The number of phenolic OH excluding ortho intramolecular Hbond substituents is 1. The minimum atomic E-state index is -1.05. The lowest BCUT2D eigenvalue weighted by Crippen LogP contribution is -2.06. The predicted octanol–water partition coefficient (Wildman–Crippen LogP) is 2.12. The van der Waals surface area contributed by atoms with Gasteiger partial charge >= 0.3 is 5.97 Å². The maximum absolute atomic E-state index is 13.8. The fourth-order valence-corrected chi connectivity index (χ4v) is 1.55. The van der Waals surface area contributed by atoms with Crippen LogP contribution in [0.5, 0.6) is 11.5 Å². The van der Waals surface area contributed by atoms with Crippen molar-refractivity contribution < 1.29 is 24.1 Å². The molecule has 4 nitrogen and oxygen atoms in total. The number of carboxylic acid groups (broad SMARTS) is 1. The van der Waals surface area contributed by atoms with E-state index in [9.17, 15) is 14.3 Å². The molecule has 16 heavy (non-hydrogen) atoms. The van der Waals surface area contributed by atoms with E-state index in [0.717, 1.165) is 0 Å². The van der Waals surface area contributed by atoms with Gasteiger partial charge in [0.2, 0.25) is 0 Å². The van der Waals surface area contributed by atoms with Crippen molar-refractivity contribution in [3.8, 4) is 11.5 Å². The second kappa shape index (κ2) is 4.83. The fourth-order valence-electron chi connectivity index (χ4n) is 1.55. The monoisotopic (exact) mass is 228 g/mol. The van der Waals surface area contributed by atoms with E-state index in [1.54, 1.807) is 0 Å².